The molecular weight excluding hydrogens is 238 g/mol. The fraction of sp³-hybridized carbons (Fsp3) is 0.250. The van der Waals surface area contributed by atoms with Crippen LogP contribution < -0.4 is 14.4 Å². The van der Waals surface area contributed by atoms with Crippen LogP contribution in [0.3, 0.4) is 0 Å². The third-order valence-corrected chi connectivity index (χ3v) is 3.10. The third-order valence-electron chi connectivity index (χ3n) is 3.10. The summed E-state index contributed by atoms with van der Waals surface area (Å²) in [6, 6.07) is 16.2. The molecule has 0 spiro atoms. The number of anilines is 1. The molecule has 3 heteroatoms. The van der Waals surface area contributed by atoms with Crippen molar-refractivity contribution in [2.45, 2.75) is 6.54 Å². The first-order valence-corrected chi connectivity index (χ1v) is 6.21. The molecule has 0 aliphatic rings. The first-order valence-electron chi connectivity index (χ1n) is 6.21. The Kier molecular flexibility index (Phi) is 4.29. The van der Waals surface area contributed by atoms with Crippen LogP contribution in [0.25, 0.3) is 0 Å². The average Bonchev–Trinajstić information content (AvgIpc) is 2.48. The second-order valence-corrected chi connectivity index (χ2v) is 4.37. The highest BCUT2D eigenvalue weighted by Crippen LogP contribution is 2.26. The molecule has 3 nitrogen and oxygen atoms in total. The van der Waals surface area contributed by atoms with Crippen molar-refractivity contribution in [3.63, 3.8) is 0 Å². The Bertz CT molecular complexity index is 526. The van der Waals surface area contributed by atoms with E-state index in [2.05, 4.69) is 24.1 Å². The lowest BCUT2D eigenvalue weighted by Crippen LogP contribution is -2.16. The van der Waals surface area contributed by atoms with Gasteiger partial charge in [0.15, 0.2) is 0 Å². The van der Waals surface area contributed by atoms with Crippen LogP contribution in [0, 0.1) is 0 Å². The van der Waals surface area contributed by atoms with Crippen molar-refractivity contribution < 1.29 is 9.47 Å². The summed E-state index contributed by atoms with van der Waals surface area (Å²) in [5.74, 6) is 1.66. The molecule has 19 heavy (non-hydrogen) atoms. The summed E-state index contributed by atoms with van der Waals surface area (Å²) in [7, 11) is 5.41. The van der Waals surface area contributed by atoms with Crippen LogP contribution in [0.4, 0.5) is 5.69 Å². The van der Waals surface area contributed by atoms with E-state index in [1.54, 1.807) is 14.2 Å². The average molecular weight is 257 g/mol. The molecule has 0 saturated heterocycles. The molecule has 0 amide bonds. The van der Waals surface area contributed by atoms with Crippen molar-refractivity contribution in [2.75, 3.05) is 26.2 Å². The Hall–Kier alpha value is -2.16. The molecule has 0 bridgehead atoms. The lowest BCUT2D eigenvalue weighted by Gasteiger charge is -2.21. The second-order valence-electron chi connectivity index (χ2n) is 4.37. The van der Waals surface area contributed by atoms with Crippen LogP contribution >= 0.6 is 0 Å². The van der Waals surface area contributed by atoms with Gasteiger partial charge in [-0.15, -0.1) is 0 Å². The lowest BCUT2D eigenvalue weighted by molar-refractivity contribution is 0.391. The molecule has 2 aromatic rings. The molecule has 0 N–H and O–H groups in total. The first kappa shape index (κ1) is 13.3. The number of rotatable bonds is 5. The molecule has 2 rings (SSSR count). The maximum absolute atomic E-state index is 5.42. The molecule has 2 aromatic carbocycles. The quantitative estimate of drug-likeness (QED) is 0.820. The van der Waals surface area contributed by atoms with Crippen molar-refractivity contribution >= 4 is 5.69 Å². The van der Waals surface area contributed by atoms with E-state index in [0.29, 0.717) is 0 Å². The van der Waals surface area contributed by atoms with Crippen LogP contribution in [0.15, 0.2) is 48.5 Å². The Labute approximate surface area is 114 Å². The number of para-hydroxylation sites is 1. The van der Waals surface area contributed by atoms with E-state index in [-0.39, 0.29) is 0 Å². The zero-order valence-electron chi connectivity index (χ0n) is 11.6. The molecule has 0 aliphatic carbocycles. The SMILES string of the molecule is COc1ccc(CN(C)c2ccccc2)c(OC)c1. The summed E-state index contributed by atoms with van der Waals surface area (Å²) >= 11 is 0. The van der Waals surface area contributed by atoms with Gasteiger partial charge in [0, 0.05) is 30.9 Å². The fourth-order valence-corrected chi connectivity index (χ4v) is 2.01. The summed E-state index contributed by atoms with van der Waals surface area (Å²) < 4.78 is 10.6. The van der Waals surface area contributed by atoms with E-state index >= 15 is 0 Å². The maximum Gasteiger partial charge on any atom is 0.127 e. The predicted molar refractivity (Wildman–Crippen MR) is 78.1 cm³/mol. The van der Waals surface area contributed by atoms with Crippen molar-refractivity contribution in [3.8, 4) is 11.5 Å². The van der Waals surface area contributed by atoms with Gasteiger partial charge in [-0.2, -0.15) is 0 Å². The zero-order valence-corrected chi connectivity index (χ0v) is 11.6. The standard InChI is InChI=1S/C16H19NO2/c1-17(14-7-5-4-6-8-14)12-13-9-10-15(18-2)11-16(13)19-3/h4-11H,12H2,1-3H3. The van der Waals surface area contributed by atoms with Gasteiger partial charge in [0.1, 0.15) is 11.5 Å². The molecular formula is C16H19NO2. The van der Waals surface area contributed by atoms with Crippen LogP contribution in [-0.4, -0.2) is 21.3 Å². The smallest absolute Gasteiger partial charge is 0.127 e. The van der Waals surface area contributed by atoms with Crippen LogP contribution in [0.1, 0.15) is 5.56 Å². The van der Waals surface area contributed by atoms with Gasteiger partial charge in [-0.3, -0.25) is 0 Å². The minimum Gasteiger partial charge on any atom is -0.497 e. The van der Waals surface area contributed by atoms with Gasteiger partial charge < -0.3 is 14.4 Å². The third kappa shape index (κ3) is 3.19. The highest BCUT2D eigenvalue weighted by Gasteiger charge is 2.08. The highest BCUT2D eigenvalue weighted by molar-refractivity contribution is 5.48. The molecule has 0 aromatic heterocycles. The van der Waals surface area contributed by atoms with E-state index in [1.807, 2.05) is 36.4 Å². The van der Waals surface area contributed by atoms with Crippen molar-refractivity contribution in [1.82, 2.24) is 0 Å². The van der Waals surface area contributed by atoms with Crippen LogP contribution in [-0.2, 0) is 6.54 Å². The van der Waals surface area contributed by atoms with Gasteiger partial charge in [-0.25, -0.2) is 0 Å². The normalized spacial score (nSPS) is 10.1. The molecule has 0 atom stereocenters. The van der Waals surface area contributed by atoms with E-state index in [4.69, 9.17) is 9.47 Å². The minimum absolute atomic E-state index is 0.789. The fourth-order valence-electron chi connectivity index (χ4n) is 2.01. The second kappa shape index (κ2) is 6.14. The minimum atomic E-state index is 0.789. The number of nitrogens with zero attached hydrogens (tertiary/aromatic N) is 1. The first-order chi connectivity index (χ1) is 9.24. The number of benzene rings is 2. The molecule has 100 valence electrons. The van der Waals surface area contributed by atoms with E-state index < -0.39 is 0 Å². The van der Waals surface area contributed by atoms with Crippen LogP contribution in [0.2, 0.25) is 0 Å². The lowest BCUT2D eigenvalue weighted by atomic mass is 10.1. The zero-order chi connectivity index (χ0) is 13.7. The number of ether oxygens (including phenoxy) is 2. The van der Waals surface area contributed by atoms with Crippen molar-refractivity contribution in [2.24, 2.45) is 0 Å². The summed E-state index contributed by atoms with van der Waals surface area (Å²) in [6.07, 6.45) is 0. The monoisotopic (exact) mass is 257 g/mol. The number of hydrogen-bond donors (Lipinski definition) is 0. The van der Waals surface area contributed by atoms with Crippen molar-refractivity contribution in [3.05, 3.63) is 54.1 Å². The van der Waals surface area contributed by atoms with Gasteiger partial charge in [0.25, 0.3) is 0 Å². The summed E-state index contributed by atoms with van der Waals surface area (Å²) in [6.45, 7) is 0.789. The summed E-state index contributed by atoms with van der Waals surface area (Å²) in [4.78, 5) is 2.18. The summed E-state index contributed by atoms with van der Waals surface area (Å²) in [5.41, 5.74) is 2.31. The summed E-state index contributed by atoms with van der Waals surface area (Å²) in [5, 5.41) is 0. The molecule has 0 radical (unpaired) electrons. The van der Waals surface area contributed by atoms with E-state index in [0.717, 1.165) is 23.6 Å². The van der Waals surface area contributed by atoms with Crippen molar-refractivity contribution in [1.29, 1.82) is 0 Å². The van der Waals surface area contributed by atoms with Crippen LogP contribution in [0.5, 0.6) is 11.5 Å². The van der Waals surface area contributed by atoms with Gasteiger partial charge >= 0.3 is 0 Å². The largest absolute Gasteiger partial charge is 0.497 e. The molecule has 0 heterocycles. The van der Waals surface area contributed by atoms with E-state index in [9.17, 15) is 0 Å². The Morgan fingerprint density at radius 2 is 1.68 bits per heavy atom. The van der Waals surface area contributed by atoms with Gasteiger partial charge in [0.2, 0.25) is 0 Å². The Morgan fingerprint density at radius 1 is 0.947 bits per heavy atom. The van der Waals surface area contributed by atoms with Gasteiger partial charge in [0.05, 0.1) is 14.2 Å². The van der Waals surface area contributed by atoms with E-state index in [1.165, 1.54) is 5.69 Å². The topological polar surface area (TPSA) is 21.7 Å². The Morgan fingerprint density at radius 3 is 2.32 bits per heavy atom. The molecule has 0 unspecified atom stereocenters. The Balaban J connectivity index is 2.19. The molecule has 0 aliphatic heterocycles. The molecule has 0 saturated carbocycles. The predicted octanol–water partition coefficient (Wildman–Crippen LogP) is 3.34. The number of hydrogen-bond acceptors (Lipinski definition) is 3. The maximum atomic E-state index is 5.42. The van der Waals surface area contributed by atoms with Gasteiger partial charge in [-0.05, 0) is 24.3 Å². The highest BCUT2D eigenvalue weighted by atomic mass is 16.5. The van der Waals surface area contributed by atoms with Gasteiger partial charge in [-0.1, -0.05) is 18.2 Å². The molecule has 0 fully saturated rings. The number of methoxy groups -OCH3 is 2.